The number of benzene rings is 1. The van der Waals surface area contributed by atoms with Crippen LogP contribution in [0.4, 0.5) is 0 Å². The van der Waals surface area contributed by atoms with Crippen LogP contribution < -0.4 is 5.32 Å². The van der Waals surface area contributed by atoms with Crippen molar-refractivity contribution >= 4 is 0 Å². The van der Waals surface area contributed by atoms with Gasteiger partial charge in [-0.15, -0.1) is 0 Å². The van der Waals surface area contributed by atoms with E-state index >= 15 is 0 Å². The Balaban J connectivity index is 2.04. The van der Waals surface area contributed by atoms with E-state index in [1.54, 1.807) is 0 Å². The molecule has 0 radical (unpaired) electrons. The minimum absolute atomic E-state index is 0.808. The van der Waals surface area contributed by atoms with Crippen molar-refractivity contribution in [2.45, 2.75) is 25.7 Å². The Morgan fingerprint density at radius 2 is 1.93 bits per heavy atom. The maximum Gasteiger partial charge on any atom is -0.00177 e. The van der Waals surface area contributed by atoms with Gasteiger partial charge >= 0.3 is 0 Å². The van der Waals surface area contributed by atoms with E-state index in [1.807, 2.05) is 7.05 Å². The second kappa shape index (κ2) is 4.14. The molecule has 0 amide bonds. The van der Waals surface area contributed by atoms with Gasteiger partial charge in [0.05, 0.1) is 0 Å². The van der Waals surface area contributed by atoms with Crippen molar-refractivity contribution in [3.05, 3.63) is 35.4 Å². The van der Waals surface area contributed by atoms with Crippen LogP contribution in [0.1, 0.15) is 29.9 Å². The molecule has 0 saturated heterocycles. The van der Waals surface area contributed by atoms with Crippen molar-refractivity contribution in [3.63, 3.8) is 0 Å². The zero-order valence-electron chi connectivity index (χ0n) is 9.09. The molecule has 1 saturated carbocycles. The molecule has 2 unspecified atom stereocenters. The Morgan fingerprint density at radius 3 is 2.43 bits per heavy atom. The zero-order valence-corrected chi connectivity index (χ0v) is 9.09. The van der Waals surface area contributed by atoms with Crippen LogP contribution in [-0.4, -0.2) is 13.6 Å². The van der Waals surface area contributed by atoms with Crippen molar-refractivity contribution in [3.8, 4) is 0 Å². The van der Waals surface area contributed by atoms with Crippen LogP contribution in [0.5, 0.6) is 0 Å². The van der Waals surface area contributed by atoms with Gasteiger partial charge in [0.25, 0.3) is 0 Å². The molecule has 0 spiro atoms. The predicted molar refractivity (Wildman–Crippen MR) is 60.6 cm³/mol. The van der Waals surface area contributed by atoms with Gasteiger partial charge in [-0.1, -0.05) is 29.8 Å². The molecule has 2 atom stereocenters. The van der Waals surface area contributed by atoms with Crippen LogP contribution in [0.25, 0.3) is 0 Å². The van der Waals surface area contributed by atoms with Gasteiger partial charge < -0.3 is 5.32 Å². The molecular weight excluding hydrogens is 170 g/mol. The van der Waals surface area contributed by atoms with E-state index in [-0.39, 0.29) is 0 Å². The Labute approximate surface area is 86.5 Å². The maximum absolute atomic E-state index is 3.28. The fraction of sp³-hybridized carbons (Fsp3) is 0.538. The summed E-state index contributed by atoms with van der Waals surface area (Å²) in [4.78, 5) is 0. The highest BCUT2D eigenvalue weighted by Crippen LogP contribution is 2.41. The van der Waals surface area contributed by atoms with Crippen LogP contribution in [-0.2, 0) is 0 Å². The minimum Gasteiger partial charge on any atom is -0.319 e. The van der Waals surface area contributed by atoms with Crippen molar-refractivity contribution < 1.29 is 0 Å². The van der Waals surface area contributed by atoms with E-state index in [0.717, 1.165) is 11.8 Å². The van der Waals surface area contributed by atoms with E-state index in [9.17, 15) is 0 Å². The lowest BCUT2D eigenvalue weighted by atomic mass is 9.70. The lowest BCUT2D eigenvalue weighted by Gasteiger charge is -2.37. The number of hydrogen-bond donors (Lipinski definition) is 1. The molecule has 0 aliphatic heterocycles. The highest BCUT2D eigenvalue weighted by atomic mass is 14.8. The van der Waals surface area contributed by atoms with E-state index in [0.29, 0.717) is 0 Å². The van der Waals surface area contributed by atoms with Gasteiger partial charge in [0.1, 0.15) is 0 Å². The largest absolute Gasteiger partial charge is 0.319 e. The topological polar surface area (TPSA) is 12.0 Å². The molecule has 1 fully saturated rings. The van der Waals surface area contributed by atoms with Gasteiger partial charge in [-0.3, -0.25) is 0 Å². The van der Waals surface area contributed by atoms with Crippen molar-refractivity contribution in [2.75, 3.05) is 13.6 Å². The van der Waals surface area contributed by atoms with E-state index in [4.69, 9.17) is 0 Å². The Kier molecular flexibility index (Phi) is 2.87. The van der Waals surface area contributed by atoms with Crippen LogP contribution in [0, 0.1) is 12.8 Å². The average Bonchev–Trinajstić information content (AvgIpc) is 2.16. The minimum atomic E-state index is 0.808. The smallest absolute Gasteiger partial charge is 0.00177 e. The predicted octanol–water partition coefficient (Wildman–Crippen LogP) is 2.71. The first kappa shape index (κ1) is 9.72. The molecule has 1 heteroatoms. The lowest BCUT2D eigenvalue weighted by Crippen LogP contribution is -2.32. The molecule has 1 aliphatic rings. The first-order chi connectivity index (χ1) is 6.81. The maximum atomic E-state index is 3.28. The summed E-state index contributed by atoms with van der Waals surface area (Å²) in [7, 11) is 2.05. The standard InChI is InChI=1S/C13H19N/c1-10-3-5-11(6-4-10)13-8-7-12(13)9-14-2/h3-6,12-14H,7-9H2,1-2H3. The van der Waals surface area contributed by atoms with Crippen molar-refractivity contribution in [2.24, 2.45) is 5.92 Å². The van der Waals surface area contributed by atoms with Gasteiger partial charge in [0.15, 0.2) is 0 Å². The molecule has 1 aliphatic carbocycles. The normalized spacial score (nSPS) is 25.9. The molecule has 2 rings (SSSR count). The van der Waals surface area contributed by atoms with Crippen LogP contribution in [0.2, 0.25) is 0 Å². The quantitative estimate of drug-likeness (QED) is 0.771. The third-order valence-corrected chi connectivity index (χ3v) is 3.39. The van der Waals surface area contributed by atoms with E-state index in [2.05, 4.69) is 36.5 Å². The van der Waals surface area contributed by atoms with Gasteiger partial charge in [-0.25, -0.2) is 0 Å². The molecule has 76 valence electrons. The monoisotopic (exact) mass is 189 g/mol. The van der Waals surface area contributed by atoms with E-state index < -0.39 is 0 Å². The summed E-state index contributed by atoms with van der Waals surface area (Å²) in [5.74, 6) is 1.67. The zero-order chi connectivity index (χ0) is 9.97. The Bertz CT molecular complexity index is 289. The van der Waals surface area contributed by atoms with Gasteiger partial charge in [0.2, 0.25) is 0 Å². The first-order valence-electron chi connectivity index (χ1n) is 5.52. The number of hydrogen-bond acceptors (Lipinski definition) is 1. The summed E-state index contributed by atoms with van der Waals surface area (Å²) < 4.78 is 0. The van der Waals surface area contributed by atoms with Gasteiger partial charge in [-0.2, -0.15) is 0 Å². The van der Waals surface area contributed by atoms with Crippen LogP contribution >= 0.6 is 0 Å². The molecule has 0 bridgehead atoms. The fourth-order valence-corrected chi connectivity index (χ4v) is 2.33. The summed E-state index contributed by atoms with van der Waals surface area (Å²) in [5, 5.41) is 3.28. The Hall–Kier alpha value is -0.820. The highest BCUT2D eigenvalue weighted by Gasteiger charge is 2.30. The molecule has 0 heterocycles. The number of rotatable bonds is 3. The molecule has 1 aromatic rings. The summed E-state index contributed by atoms with van der Waals surface area (Å²) >= 11 is 0. The molecule has 1 aromatic carbocycles. The van der Waals surface area contributed by atoms with Crippen molar-refractivity contribution in [1.82, 2.24) is 5.32 Å². The van der Waals surface area contributed by atoms with Crippen LogP contribution in [0.3, 0.4) is 0 Å². The van der Waals surface area contributed by atoms with Crippen molar-refractivity contribution in [1.29, 1.82) is 0 Å². The average molecular weight is 189 g/mol. The third kappa shape index (κ3) is 1.83. The van der Waals surface area contributed by atoms with Gasteiger partial charge in [0, 0.05) is 0 Å². The summed E-state index contributed by atoms with van der Waals surface area (Å²) in [6.07, 6.45) is 2.76. The second-order valence-electron chi connectivity index (χ2n) is 4.41. The fourth-order valence-electron chi connectivity index (χ4n) is 2.33. The molecule has 14 heavy (non-hydrogen) atoms. The lowest BCUT2D eigenvalue weighted by molar-refractivity contribution is 0.251. The van der Waals surface area contributed by atoms with E-state index in [1.165, 1.54) is 30.5 Å². The molecular formula is C13H19N. The SMILES string of the molecule is CNCC1CCC1c1ccc(C)cc1. The number of nitrogens with one attached hydrogen (secondary N) is 1. The van der Waals surface area contributed by atoms with Crippen LogP contribution in [0.15, 0.2) is 24.3 Å². The number of aryl methyl sites for hydroxylation is 1. The highest BCUT2D eigenvalue weighted by molar-refractivity contribution is 5.26. The third-order valence-electron chi connectivity index (χ3n) is 3.39. The molecule has 1 N–H and O–H groups in total. The summed E-state index contributed by atoms with van der Waals surface area (Å²) in [5.41, 5.74) is 2.89. The van der Waals surface area contributed by atoms with Gasteiger partial charge in [-0.05, 0) is 50.8 Å². The molecule has 1 nitrogen and oxygen atoms in total. The summed E-state index contributed by atoms with van der Waals surface area (Å²) in [6, 6.07) is 9.04. The second-order valence-corrected chi connectivity index (χ2v) is 4.41. The first-order valence-corrected chi connectivity index (χ1v) is 5.52. The Morgan fingerprint density at radius 1 is 1.21 bits per heavy atom. The summed E-state index contributed by atoms with van der Waals surface area (Å²) in [6.45, 7) is 3.31. The molecule has 0 aromatic heterocycles.